The zero-order valence-corrected chi connectivity index (χ0v) is 16.8. The number of aryl methyl sites for hydroxylation is 1. The molecule has 0 aliphatic heterocycles. The minimum atomic E-state index is -0.327. The second kappa shape index (κ2) is 8.70. The van der Waals surface area contributed by atoms with E-state index in [0.717, 1.165) is 5.69 Å². The van der Waals surface area contributed by atoms with E-state index in [-0.39, 0.29) is 24.6 Å². The summed E-state index contributed by atoms with van der Waals surface area (Å²) >= 11 is 1.31. The van der Waals surface area contributed by atoms with Crippen molar-refractivity contribution >= 4 is 28.2 Å². The van der Waals surface area contributed by atoms with Gasteiger partial charge in [-0.15, -0.1) is 11.3 Å². The molecule has 4 heterocycles. The van der Waals surface area contributed by atoms with Crippen LogP contribution in [0.5, 0.6) is 0 Å². The summed E-state index contributed by atoms with van der Waals surface area (Å²) in [5.74, 6) is 0.906. The van der Waals surface area contributed by atoms with Crippen molar-refractivity contribution < 1.29 is 9.21 Å². The van der Waals surface area contributed by atoms with Crippen molar-refractivity contribution in [1.82, 2.24) is 25.1 Å². The number of carbonyl (C=O) groups excluding carboxylic acids is 1. The number of thiazole rings is 1. The SMILES string of the molecule is Cc1cccc(Nc2nc(C(=O)NCCn3nc(-c4ccco4)ccc3=O)cs2)n1. The fourth-order valence-electron chi connectivity index (χ4n) is 2.69. The maximum Gasteiger partial charge on any atom is 0.270 e. The lowest BCUT2D eigenvalue weighted by atomic mass is 10.3. The molecule has 0 radical (unpaired) electrons. The summed E-state index contributed by atoms with van der Waals surface area (Å²) in [6.45, 7) is 2.35. The summed E-state index contributed by atoms with van der Waals surface area (Å²) in [7, 11) is 0. The van der Waals surface area contributed by atoms with E-state index in [2.05, 4.69) is 25.7 Å². The number of furan rings is 1. The molecule has 2 N–H and O–H groups in total. The number of rotatable bonds is 7. The van der Waals surface area contributed by atoms with Crippen LogP contribution in [0.1, 0.15) is 16.2 Å². The highest BCUT2D eigenvalue weighted by molar-refractivity contribution is 7.14. The quantitative estimate of drug-likeness (QED) is 0.470. The van der Waals surface area contributed by atoms with Crippen LogP contribution in [0.25, 0.3) is 11.5 Å². The smallest absolute Gasteiger partial charge is 0.270 e. The van der Waals surface area contributed by atoms with Crippen molar-refractivity contribution in [1.29, 1.82) is 0 Å². The van der Waals surface area contributed by atoms with Crippen LogP contribution in [0.4, 0.5) is 10.9 Å². The second-order valence-electron chi connectivity index (χ2n) is 6.34. The van der Waals surface area contributed by atoms with Crippen LogP contribution < -0.4 is 16.2 Å². The maximum absolute atomic E-state index is 12.4. The van der Waals surface area contributed by atoms with Crippen LogP contribution in [0, 0.1) is 6.92 Å². The lowest BCUT2D eigenvalue weighted by Crippen LogP contribution is -2.32. The van der Waals surface area contributed by atoms with Crippen LogP contribution >= 0.6 is 11.3 Å². The lowest BCUT2D eigenvalue weighted by Gasteiger charge is -2.07. The molecule has 0 unspecified atom stereocenters. The molecule has 0 fully saturated rings. The normalized spacial score (nSPS) is 10.7. The third-order valence-corrected chi connectivity index (χ3v) is 4.87. The summed E-state index contributed by atoms with van der Waals surface area (Å²) in [5.41, 5.74) is 1.46. The monoisotopic (exact) mass is 422 g/mol. The first-order chi connectivity index (χ1) is 14.6. The van der Waals surface area contributed by atoms with Gasteiger partial charge in [0.2, 0.25) is 0 Å². The van der Waals surface area contributed by atoms with E-state index in [1.165, 1.54) is 22.1 Å². The Morgan fingerprint density at radius 3 is 2.87 bits per heavy atom. The average molecular weight is 422 g/mol. The number of nitrogens with one attached hydrogen (secondary N) is 2. The molecule has 10 heteroatoms. The van der Waals surface area contributed by atoms with E-state index in [4.69, 9.17) is 4.42 Å². The lowest BCUT2D eigenvalue weighted by molar-refractivity contribution is 0.0947. The molecule has 0 aromatic carbocycles. The zero-order chi connectivity index (χ0) is 20.9. The molecule has 0 saturated heterocycles. The summed E-state index contributed by atoms with van der Waals surface area (Å²) < 4.78 is 6.59. The van der Waals surface area contributed by atoms with Gasteiger partial charge in [0.15, 0.2) is 10.9 Å². The van der Waals surface area contributed by atoms with E-state index in [1.807, 2.05) is 25.1 Å². The van der Waals surface area contributed by atoms with Gasteiger partial charge in [-0.2, -0.15) is 5.10 Å². The van der Waals surface area contributed by atoms with Gasteiger partial charge in [-0.05, 0) is 37.3 Å². The topological polar surface area (TPSA) is 115 Å². The Labute approximate surface area is 175 Å². The van der Waals surface area contributed by atoms with E-state index >= 15 is 0 Å². The molecule has 152 valence electrons. The van der Waals surface area contributed by atoms with Crippen molar-refractivity contribution in [2.24, 2.45) is 0 Å². The molecule has 4 aromatic heterocycles. The van der Waals surface area contributed by atoms with Gasteiger partial charge in [-0.25, -0.2) is 14.6 Å². The van der Waals surface area contributed by atoms with Crippen LogP contribution in [0.2, 0.25) is 0 Å². The van der Waals surface area contributed by atoms with Crippen molar-refractivity contribution in [3.63, 3.8) is 0 Å². The van der Waals surface area contributed by atoms with E-state index in [0.29, 0.717) is 28.1 Å². The van der Waals surface area contributed by atoms with Gasteiger partial charge in [0, 0.05) is 23.7 Å². The van der Waals surface area contributed by atoms with Crippen molar-refractivity contribution in [3.05, 3.63) is 75.8 Å². The fraction of sp³-hybridized carbons (Fsp3) is 0.150. The molecule has 0 spiro atoms. The average Bonchev–Trinajstić information content (AvgIpc) is 3.42. The van der Waals surface area contributed by atoms with E-state index in [9.17, 15) is 9.59 Å². The predicted molar refractivity (Wildman–Crippen MR) is 113 cm³/mol. The van der Waals surface area contributed by atoms with Crippen molar-refractivity contribution in [2.45, 2.75) is 13.5 Å². The molecular formula is C20H18N6O3S. The molecule has 0 saturated carbocycles. The van der Waals surface area contributed by atoms with Crippen molar-refractivity contribution in [2.75, 3.05) is 11.9 Å². The Balaban J connectivity index is 1.35. The summed E-state index contributed by atoms with van der Waals surface area (Å²) in [6.07, 6.45) is 1.54. The second-order valence-corrected chi connectivity index (χ2v) is 7.20. The summed E-state index contributed by atoms with van der Waals surface area (Å²) in [6, 6.07) is 12.2. The third-order valence-electron chi connectivity index (χ3n) is 4.11. The first kappa shape index (κ1) is 19.5. The van der Waals surface area contributed by atoms with Gasteiger partial charge in [0.1, 0.15) is 17.2 Å². The number of amides is 1. The maximum atomic E-state index is 12.4. The standard InChI is InChI=1S/C20H18N6O3S/c1-13-4-2-6-17(22-13)24-20-23-15(12-30-20)19(28)21-9-10-26-18(27)8-7-14(25-26)16-5-3-11-29-16/h2-8,11-12H,9-10H2,1H3,(H,21,28)(H,22,23,24). The Kier molecular flexibility index (Phi) is 5.66. The molecule has 0 aliphatic carbocycles. The number of anilines is 2. The Hall–Kier alpha value is -3.79. The van der Waals surface area contributed by atoms with E-state index < -0.39 is 0 Å². The molecular weight excluding hydrogens is 404 g/mol. The summed E-state index contributed by atoms with van der Waals surface area (Å²) in [5, 5.41) is 12.3. The minimum Gasteiger partial charge on any atom is -0.463 e. The largest absolute Gasteiger partial charge is 0.463 e. The van der Waals surface area contributed by atoms with Crippen LogP contribution in [-0.2, 0) is 6.54 Å². The molecule has 0 bridgehead atoms. The molecule has 0 atom stereocenters. The zero-order valence-electron chi connectivity index (χ0n) is 16.0. The highest BCUT2D eigenvalue weighted by Gasteiger charge is 2.12. The van der Waals surface area contributed by atoms with Crippen molar-refractivity contribution in [3.8, 4) is 11.5 Å². The number of carbonyl (C=O) groups is 1. The molecule has 1 amide bonds. The van der Waals surface area contributed by atoms with Gasteiger partial charge < -0.3 is 15.1 Å². The van der Waals surface area contributed by atoms with Gasteiger partial charge in [-0.1, -0.05) is 6.07 Å². The van der Waals surface area contributed by atoms with Crippen LogP contribution in [-0.4, -0.2) is 32.2 Å². The highest BCUT2D eigenvalue weighted by Crippen LogP contribution is 2.20. The number of hydrogen-bond acceptors (Lipinski definition) is 8. The molecule has 4 aromatic rings. The molecule has 0 aliphatic rings. The predicted octanol–water partition coefficient (Wildman–Crippen LogP) is 2.84. The highest BCUT2D eigenvalue weighted by atomic mass is 32.1. The van der Waals surface area contributed by atoms with Gasteiger partial charge >= 0.3 is 0 Å². The first-order valence-electron chi connectivity index (χ1n) is 9.15. The number of hydrogen-bond donors (Lipinski definition) is 2. The van der Waals surface area contributed by atoms with Crippen LogP contribution in [0.3, 0.4) is 0 Å². The Morgan fingerprint density at radius 1 is 1.17 bits per heavy atom. The Morgan fingerprint density at radius 2 is 2.07 bits per heavy atom. The molecule has 4 rings (SSSR count). The van der Waals surface area contributed by atoms with Gasteiger partial charge in [0.05, 0.1) is 12.8 Å². The Bertz CT molecular complexity index is 1220. The number of nitrogens with zero attached hydrogens (tertiary/aromatic N) is 4. The minimum absolute atomic E-state index is 0.224. The van der Waals surface area contributed by atoms with Crippen LogP contribution in [0.15, 0.2) is 63.3 Å². The molecule has 30 heavy (non-hydrogen) atoms. The first-order valence-corrected chi connectivity index (χ1v) is 10.0. The van der Waals surface area contributed by atoms with Gasteiger partial charge in [-0.3, -0.25) is 9.59 Å². The van der Waals surface area contributed by atoms with E-state index in [1.54, 1.807) is 29.8 Å². The number of aromatic nitrogens is 4. The van der Waals surface area contributed by atoms with Gasteiger partial charge in [0.25, 0.3) is 11.5 Å². The summed E-state index contributed by atoms with van der Waals surface area (Å²) in [4.78, 5) is 33.0. The fourth-order valence-corrected chi connectivity index (χ4v) is 3.39. The third kappa shape index (κ3) is 4.61. The number of pyridine rings is 1. The molecule has 9 nitrogen and oxygen atoms in total.